The molecule has 0 aromatic heterocycles. The third-order valence-corrected chi connectivity index (χ3v) is 6.10. The Balaban J connectivity index is 1.46. The van der Waals surface area contributed by atoms with Gasteiger partial charge in [-0.2, -0.15) is 0 Å². The van der Waals surface area contributed by atoms with Gasteiger partial charge in [0.25, 0.3) is 0 Å². The number of aryl methyl sites for hydroxylation is 1. The number of benzene rings is 1. The van der Waals surface area contributed by atoms with Gasteiger partial charge in [-0.05, 0) is 56.1 Å². The molecule has 3 heteroatoms. The summed E-state index contributed by atoms with van der Waals surface area (Å²) in [6, 6.07) is 8.63. The molecule has 122 valence electrons. The van der Waals surface area contributed by atoms with Crippen LogP contribution in [0.15, 0.2) is 24.3 Å². The van der Waals surface area contributed by atoms with Crippen LogP contribution in [-0.2, 0) is 16.0 Å². The fourth-order valence-corrected chi connectivity index (χ4v) is 4.89. The molecule has 1 amide bonds. The number of carbonyl (C=O) groups is 2. The number of fused-ring (bicyclic) bond motifs is 3. The van der Waals surface area contributed by atoms with Crippen molar-refractivity contribution in [2.75, 3.05) is 0 Å². The number of amides is 1. The van der Waals surface area contributed by atoms with E-state index in [-0.39, 0.29) is 29.7 Å². The number of Topliss-reactive ketones (excluding diaryl/α,β-unsaturated/α-hetero) is 1. The highest BCUT2D eigenvalue weighted by Crippen LogP contribution is 2.40. The van der Waals surface area contributed by atoms with Crippen LogP contribution in [0.2, 0.25) is 0 Å². The van der Waals surface area contributed by atoms with Gasteiger partial charge in [0.15, 0.2) is 0 Å². The minimum atomic E-state index is 0.0390. The molecule has 0 aliphatic heterocycles. The Labute approximate surface area is 137 Å². The predicted octanol–water partition coefficient (Wildman–Crippen LogP) is 3.58. The molecule has 0 radical (unpaired) electrons. The molecule has 0 saturated heterocycles. The normalized spacial score (nSPS) is 33.0. The van der Waals surface area contributed by atoms with Crippen LogP contribution < -0.4 is 5.32 Å². The summed E-state index contributed by atoms with van der Waals surface area (Å²) in [6.07, 6.45) is 7.97. The Morgan fingerprint density at radius 1 is 1.00 bits per heavy atom. The van der Waals surface area contributed by atoms with E-state index < -0.39 is 0 Å². The lowest BCUT2D eigenvalue weighted by molar-refractivity contribution is -0.138. The van der Waals surface area contributed by atoms with Crippen LogP contribution in [0.25, 0.3) is 0 Å². The summed E-state index contributed by atoms with van der Waals surface area (Å²) in [5.74, 6) is 0.949. The van der Waals surface area contributed by atoms with Crippen LogP contribution in [0.3, 0.4) is 0 Å². The van der Waals surface area contributed by atoms with Crippen molar-refractivity contribution in [2.24, 2.45) is 17.8 Å². The lowest BCUT2D eigenvalue weighted by atomic mass is 9.67. The molecular weight excluding hydrogens is 286 g/mol. The van der Waals surface area contributed by atoms with E-state index in [9.17, 15) is 9.59 Å². The first kappa shape index (κ1) is 14.9. The second-order valence-corrected chi connectivity index (χ2v) is 7.55. The van der Waals surface area contributed by atoms with E-state index in [1.807, 2.05) is 0 Å². The van der Waals surface area contributed by atoms with Gasteiger partial charge in [0.2, 0.25) is 5.91 Å². The lowest BCUT2D eigenvalue weighted by Crippen LogP contribution is -2.43. The molecule has 1 aromatic carbocycles. The number of hydrogen-bond acceptors (Lipinski definition) is 2. The monoisotopic (exact) mass is 311 g/mol. The molecule has 0 heterocycles. The fraction of sp³-hybridized carbons (Fsp3) is 0.600. The van der Waals surface area contributed by atoms with Gasteiger partial charge in [0.05, 0.1) is 6.04 Å². The second kappa shape index (κ2) is 6.10. The summed E-state index contributed by atoms with van der Waals surface area (Å²) in [4.78, 5) is 25.0. The molecule has 23 heavy (non-hydrogen) atoms. The van der Waals surface area contributed by atoms with Crippen LogP contribution >= 0.6 is 0 Å². The van der Waals surface area contributed by atoms with E-state index in [2.05, 4.69) is 29.6 Å². The third-order valence-electron chi connectivity index (χ3n) is 6.10. The standard InChI is InChI=1S/C20H25NO2/c22-19-14-7-3-8-15(19)12-16(11-14)20(23)21-18-10-4-6-13-5-1-2-9-17(13)18/h1-2,5,9,14-16,18H,3-4,6-8,10-12H2,(H,21,23)/t14-,15+,16?,18-/m0/s1. The summed E-state index contributed by atoms with van der Waals surface area (Å²) in [5.41, 5.74) is 2.67. The number of hydrogen-bond donors (Lipinski definition) is 1. The molecule has 4 rings (SSSR count). The van der Waals surface area contributed by atoms with Gasteiger partial charge < -0.3 is 5.32 Å². The minimum absolute atomic E-state index is 0.0390. The first-order valence-electron chi connectivity index (χ1n) is 9.14. The molecule has 1 unspecified atom stereocenters. The van der Waals surface area contributed by atoms with E-state index in [1.165, 1.54) is 11.1 Å². The Hall–Kier alpha value is -1.64. The largest absolute Gasteiger partial charge is 0.349 e. The highest BCUT2D eigenvalue weighted by molar-refractivity contribution is 5.88. The minimum Gasteiger partial charge on any atom is -0.349 e. The summed E-state index contributed by atoms with van der Waals surface area (Å²) in [6.45, 7) is 0. The molecule has 0 spiro atoms. The summed E-state index contributed by atoms with van der Waals surface area (Å²) in [7, 11) is 0. The predicted molar refractivity (Wildman–Crippen MR) is 88.8 cm³/mol. The van der Waals surface area contributed by atoms with Gasteiger partial charge in [0, 0.05) is 17.8 Å². The van der Waals surface area contributed by atoms with Crippen LogP contribution in [0, 0.1) is 17.8 Å². The topological polar surface area (TPSA) is 46.2 Å². The Kier molecular flexibility index (Phi) is 3.96. The summed E-state index contributed by atoms with van der Waals surface area (Å²) < 4.78 is 0. The van der Waals surface area contributed by atoms with Gasteiger partial charge in [-0.25, -0.2) is 0 Å². The quantitative estimate of drug-likeness (QED) is 0.907. The van der Waals surface area contributed by atoms with Crippen LogP contribution in [-0.4, -0.2) is 11.7 Å². The Bertz CT molecular complexity index is 608. The van der Waals surface area contributed by atoms with Gasteiger partial charge in [0.1, 0.15) is 5.78 Å². The molecule has 2 bridgehead atoms. The van der Waals surface area contributed by atoms with Gasteiger partial charge in [-0.1, -0.05) is 30.7 Å². The number of carbonyl (C=O) groups excluding carboxylic acids is 2. The van der Waals surface area contributed by atoms with E-state index in [0.29, 0.717) is 5.78 Å². The average molecular weight is 311 g/mol. The maximum atomic E-state index is 12.8. The molecule has 4 atom stereocenters. The highest BCUT2D eigenvalue weighted by atomic mass is 16.2. The highest BCUT2D eigenvalue weighted by Gasteiger charge is 2.41. The molecule has 3 aliphatic carbocycles. The molecule has 2 fully saturated rings. The molecule has 1 N–H and O–H groups in total. The third kappa shape index (κ3) is 2.82. The molecule has 2 saturated carbocycles. The van der Waals surface area contributed by atoms with E-state index in [1.54, 1.807) is 0 Å². The SMILES string of the molecule is O=C(N[C@H]1CCCc2ccccc21)C1C[C@H]2CCC[C@@H](C1)C2=O. The first-order valence-corrected chi connectivity index (χ1v) is 9.14. The van der Waals surface area contributed by atoms with E-state index in [0.717, 1.165) is 51.4 Å². The Morgan fingerprint density at radius 3 is 2.52 bits per heavy atom. The van der Waals surface area contributed by atoms with Crippen molar-refractivity contribution in [3.8, 4) is 0 Å². The van der Waals surface area contributed by atoms with Crippen LogP contribution in [0.5, 0.6) is 0 Å². The van der Waals surface area contributed by atoms with Crippen molar-refractivity contribution in [3.63, 3.8) is 0 Å². The van der Waals surface area contributed by atoms with Crippen molar-refractivity contribution in [1.82, 2.24) is 5.32 Å². The van der Waals surface area contributed by atoms with Crippen molar-refractivity contribution >= 4 is 11.7 Å². The summed E-state index contributed by atoms with van der Waals surface area (Å²) in [5, 5.41) is 3.30. The van der Waals surface area contributed by atoms with Crippen molar-refractivity contribution in [3.05, 3.63) is 35.4 Å². The zero-order valence-corrected chi connectivity index (χ0v) is 13.6. The van der Waals surface area contributed by atoms with Crippen molar-refractivity contribution < 1.29 is 9.59 Å². The summed E-state index contributed by atoms with van der Waals surface area (Å²) >= 11 is 0. The number of ketones is 1. The van der Waals surface area contributed by atoms with Crippen molar-refractivity contribution in [2.45, 2.75) is 57.4 Å². The average Bonchev–Trinajstić information content (AvgIpc) is 2.55. The Morgan fingerprint density at radius 2 is 1.74 bits per heavy atom. The molecule has 3 aliphatic rings. The van der Waals surface area contributed by atoms with Gasteiger partial charge >= 0.3 is 0 Å². The van der Waals surface area contributed by atoms with Gasteiger partial charge in [-0.15, -0.1) is 0 Å². The number of nitrogens with one attached hydrogen (secondary N) is 1. The fourth-order valence-electron chi connectivity index (χ4n) is 4.89. The van der Waals surface area contributed by atoms with Gasteiger partial charge in [-0.3, -0.25) is 9.59 Å². The van der Waals surface area contributed by atoms with Crippen LogP contribution in [0.1, 0.15) is 62.1 Å². The van der Waals surface area contributed by atoms with E-state index >= 15 is 0 Å². The maximum absolute atomic E-state index is 12.8. The van der Waals surface area contributed by atoms with E-state index in [4.69, 9.17) is 0 Å². The smallest absolute Gasteiger partial charge is 0.223 e. The molecule has 3 nitrogen and oxygen atoms in total. The molecule has 1 aromatic rings. The second-order valence-electron chi connectivity index (χ2n) is 7.55. The zero-order valence-electron chi connectivity index (χ0n) is 13.6. The lowest BCUT2D eigenvalue weighted by Gasteiger charge is -2.37. The zero-order chi connectivity index (χ0) is 15.8. The van der Waals surface area contributed by atoms with Crippen molar-refractivity contribution in [1.29, 1.82) is 0 Å². The number of rotatable bonds is 2. The first-order chi connectivity index (χ1) is 11.2. The maximum Gasteiger partial charge on any atom is 0.223 e. The molecular formula is C20H25NO2. The van der Waals surface area contributed by atoms with Crippen LogP contribution in [0.4, 0.5) is 0 Å².